The van der Waals surface area contributed by atoms with Crippen LogP contribution in [0.1, 0.15) is 59.4 Å². The van der Waals surface area contributed by atoms with Gasteiger partial charge >= 0.3 is 0 Å². The van der Waals surface area contributed by atoms with Crippen LogP contribution in [0.25, 0.3) is 0 Å². The smallest absolute Gasteiger partial charge is 0.244 e. The fraction of sp³-hybridized carbons (Fsp3) is 0.679. The number of likely N-dealkylation sites (tertiary alicyclic amines) is 1. The third-order valence-electron chi connectivity index (χ3n) is 7.64. The molecule has 0 saturated carbocycles. The summed E-state index contributed by atoms with van der Waals surface area (Å²) in [6, 6.07) is 9.04. The Labute approximate surface area is 233 Å². The first-order valence-corrected chi connectivity index (χ1v) is 15.0. The van der Waals surface area contributed by atoms with Crippen molar-refractivity contribution < 1.29 is 19.5 Å². The summed E-state index contributed by atoms with van der Waals surface area (Å²) in [7, 11) is 0. The number of amides is 3. The van der Waals surface area contributed by atoms with E-state index in [1.165, 1.54) is 0 Å². The van der Waals surface area contributed by atoms with Gasteiger partial charge in [-0.25, -0.2) is 0 Å². The van der Waals surface area contributed by atoms with Gasteiger partial charge in [0.2, 0.25) is 17.7 Å². The summed E-state index contributed by atoms with van der Waals surface area (Å²) < 4.78 is -0.679. The fourth-order valence-corrected chi connectivity index (χ4v) is 10.5. The minimum Gasteiger partial charge on any atom is -0.396 e. The molecule has 1 aromatic rings. The Kier molecular flexibility index (Phi) is 8.09. The molecule has 9 heteroatoms. The van der Waals surface area contributed by atoms with Gasteiger partial charge in [0.1, 0.15) is 6.04 Å². The van der Waals surface area contributed by atoms with Crippen molar-refractivity contribution in [1.29, 1.82) is 0 Å². The first-order chi connectivity index (χ1) is 17.3. The molecule has 37 heavy (non-hydrogen) atoms. The quantitative estimate of drug-likeness (QED) is 0.381. The highest BCUT2D eigenvalue weighted by Crippen LogP contribution is 2.67. The molecule has 3 unspecified atom stereocenters. The molecule has 3 N–H and O–H groups in total. The lowest BCUT2D eigenvalue weighted by Gasteiger charge is -2.39. The van der Waals surface area contributed by atoms with Crippen molar-refractivity contribution in [3.63, 3.8) is 0 Å². The minimum absolute atomic E-state index is 0.0170. The predicted molar refractivity (Wildman–Crippen MR) is 150 cm³/mol. The number of fused-ring (bicyclic) bond motifs is 1. The van der Waals surface area contributed by atoms with Gasteiger partial charge in [-0.2, -0.15) is 0 Å². The van der Waals surface area contributed by atoms with Crippen molar-refractivity contribution in [3.05, 3.63) is 35.9 Å². The van der Waals surface area contributed by atoms with Crippen molar-refractivity contribution in [3.8, 4) is 0 Å². The Morgan fingerprint density at radius 2 is 1.84 bits per heavy atom. The van der Waals surface area contributed by atoms with Crippen LogP contribution >= 0.6 is 27.7 Å². The topological polar surface area (TPSA) is 98.7 Å². The molecular weight excluding hydrogens is 554 g/mol. The normalized spacial score (nSPS) is 30.9. The lowest BCUT2D eigenvalue weighted by atomic mass is 9.70. The summed E-state index contributed by atoms with van der Waals surface area (Å²) >= 11 is 5.44. The summed E-state index contributed by atoms with van der Waals surface area (Å²) in [4.78, 5) is 43.2. The van der Waals surface area contributed by atoms with Crippen LogP contribution in [0.4, 0.5) is 0 Å². The van der Waals surface area contributed by atoms with Crippen LogP contribution in [0.15, 0.2) is 30.3 Å². The summed E-state index contributed by atoms with van der Waals surface area (Å²) in [5.74, 6) is -1.52. The number of nitrogens with zero attached hydrogens (tertiary/aromatic N) is 1. The van der Waals surface area contributed by atoms with E-state index < -0.39 is 28.2 Å². The number of rotatable bonds is 9. The van der Waals surface area contributed by atoms with Gasteiger partial charge in [-0.15, -0.1) is 11.8 Å². The van der Waals surface area contributed by atoms with Crippen LogP contribution in [0, 0.1) is 17.3 Å². The Morgan fingerprint density at radius 1 is 1.16 bits per heavy atom. The van der Waals surface area contributed by atoms with Crippen molar-refractivity contribution >= 4 is 45.4 Å². The average molecular weight is 595 g/mol. The Morgan fingerprint density at radius 3 is 2.46 bits per heavy atom. The van der Waals surface area contributed by atoms with Gasteiger partial charge in [-0.1, -0.05) is 67.0 Å². The standard InChI is InChI=1S/C28H40BrN3O4S/c1-26(2,3)16-27(4,5)31-24(35)22-28-14-18(29)21(37-28)19(20(28)25(36)32(22)12-9-13-33)23(34)30-15-17-10-7-6-8-11-17/h6-8,10-11,18-22,33H,9,12-16H2,1-5H3,(H,30,34)(H,31,35)/t18?,19-,20-,21-,22?,28?/m0/s1. The van der Waals surface area contributed by atoms with Crippen LogP contribution < -0.4 is 10.6 Å². The van der Waals surface area contributed by atoms with Crippen molar-refractivity contribution in [2.75, 3.05) is 13.2 Å². The van der Waals surface area contributed by atoms with Crippen LogP contribution in [-0.4, -0.2) is 67.3 Å². The molecule has 7 nitrogen and oxygen atoms in total. The predicted octanol–water partition coefficient (Wildman–Crippen LogP) is 3.48. The highest BCUT2D eigenvalue weighted by molar-refractivity contribution is 9.09. The molecule has 3 heterocycles. The number of halogens is 1. The van der Waals surface area contributed by atoms with Crippen molar-refractivity contribution in [1.82, 2.24) is 15.5 Å². The summed E-state index contributed by atoms with van der Waals surface area (Å²) in [6.45, 7) is 11.1. The molecule has 204 valence electrons. The average Bonchev–Trinajstić information content (AvgIpc) is 3.38. The molecule has 1 spiro atoms. The molecular formula is C28H40BrN3O4S. The van der Waals surface area contributed by atoms with Crippen molar-refractivity contribution in [2.45, 2.75) is 86.8 Å². The van der Waals surface area contributed by atoms with Gasteiger partial charge in [-0.3, -0.25) is 14.4 Å². The molecule has 3 fully saturated rings. The number of carbonyl (C=O) groups excluding carboxylic acids is 3. The molecule has 0 aliphatic carbocycles. The first kappa shape index (κ1) is 28.4. The molecule has 0 radical (unpaired) electrons. The molecule has 3 saturated heterocycles. The lowest BCUT2D eigenvalue weighted by molar-refractivity contribution is -0.140. The second-order valence-corrected chi connectivity index (χ2v) is 15.3. The van der Waals surface area contributed by atoms with E-state index in [1.807, 2.05) is 44.2 Å². The second kappa shape index (κ2) is 10.5. The number of thioether (sulfide) groups is 1. The lowest BCUT2D eigenvalue weighted by Crippen LogP contribution is -2.58. The highest BCUT2D eigenvalue weighted by atomic mass is 79.9. The molecule has 3 amide bonds. The number of hydrogen-bond acceptors (Lipinski definition) is 5. The first-order valence-electron chi connectivity index (χ1n) is 13.2. The van der Waals surface area contributed by atoms with E-state index in [1.54, 1.807) is 16.7 Å². The van der Waals surface area contributed by atoms with Crippen LogP contribution in [0.3, 0.4) is 0 Å². The number of alkyl halides is 1. The molecule has 0 aromatic heterocycles. The molecule has 4 rings (SSSR count). The van der Waals surface area contributed by atoms with E-state index in [9.17, 15) is 19.5 Å². The number of aliphatic hydroxyl groups excluding tert-OH is 1. The zero-order valence-electron chi connectivity index (χ0n) is 22.4. The maximum atomic E-state index is 14.0. The second-order valence-electron chi connectivity index (χ2n) is 12.6. The van der Waals surface area contributed by atoms with Gasteiger partial charge < -0.3 is 20.6 Å². The van der Waals surface area contributed by atoms with Crippen molar-refractivity contribution in [2.24, 2.45) is 17.3 Å². The van der Waals surface area contributed by atoms with E-state index in [0.717, 1.165) is 12.0 Å². The minimum atomic E-state index is -0.683. The summed E-state index contributed by atoms with van der Waals surface area (Å²) in [6.07, 6.45) is 1.82. The monoisotopic (exact) mass is 593 g/mol. The van der Waals surface area contributed by atoms with E-state index in [4.69, 9.17) is 0 Å². The number of carbonyl (C=O) groups is 3. The van der Waals surface area contributed by atoms with Crippen LogP contribution in [0.2, 0.25) is 0 Å². The fourth-order valence-electron chi connectivity index (χ4n) is 6.89. The van der Waals surface area contributed by atoms with E-state index in [2.05, 4.69) is 47.3 Å². The largest absolute Gasteiger partial charge is 0.396 e. The third-order valence-corrected chi connectivity index (χ3v) is 10.9. The molecule has 2 bridgehead atoms. The van der Waals surface area contributed by atoms with E-state index in [0.29, 0.717) is 25.9 Å². The van der Waals surface area contributed by atoms with Crippen LogP contribution in [0.5, 0.6) is 0 Å². The Bertz CT molecular complexity index is 1030. The van der Waals surface area contributed by atoms with E-state index in [-0.39, 0.29) is 39.8 Å². The zero-order valence-corrected chi connectivity index (χ0v) is 24.8. The number of aliphatic hydroxyl groups is 1. The van der Waals surface area contributed by atoms with E-state index >= 15 is 0 Å². The molecule has 3 aliphatic rings. The van der Waals surface area contributed by atoms with Gasteiger partial charge in [-0.05, 0) is 44.1 Å². The zero-order chi connectivity index (χ0) is 27.2. The molecule has 3 aliphatic heterocycles. The van der Waals surface area contributed by atoms with Gasteiger partial charge in [0.15, 0.2) is 0 Å². The Hall–Kier alpha value is -1.58. The summed E-state index contributed by atoms with van der Waals surface area (Å²) in [5, 5.41) is 15.8. The summed E-state index contributed by atoms with van der Waals surface area (Å²) in [5.41, 5.74) is 0.554. The SMILES string of the molecule is CC(C)(C)CC(C)(C)NC(=O)C1N(CCCO)C(=O)[C@@H]2[C@H](C(=O)NCc3ccccc3)[C@H]3SC12CC3Br. The van der Waals surface area contributed by atoms with Gasteiger partial charge in [0.25, 0.3) is 0 Å². The third kappa shape index (κ3) is 5.59. The molecule has 6 atom stereocenters. The maximum Gasteiger partial charge on any atom is 0.244 e. The number of benzene rings is 1. The number of hydrogen-bond donors (Lipinski definition) is 3. The molecule has 1 aromatic carbocycles. The maximum absolute atomic E-state index is 14.0. The van der Waals surface area contributed by atoms with Gasteiger partial charge in [0, 0.05) is 35.3 Å². The highest BCUT2D eigenvalue weighted by Gasteiger charge is 2.75. The van der Waals surface area contributed by atoms with Crippen LogP contribution in [-0.2, 0) is 20.9 Å². The van der Waals surface area contributed by atoms with Gasteiger partial charge in [0.05, 0.1) is 16.6 Å². The Balaban J connectivity index is 1.62. The number of nitrogens with one attached hydrogen (secondary N) is 2.